The van der Waals surface area contributed by atoms with Crippen LogP contribution in [0.2, 0.25) is 0 Å². The van der Waals surface area contributed by atoms with E-state index < -0.39 is 17.6 Å². The van der Waals surface area contributed by atoms with Crippen LogP contribution in [0, 0.1) is 18.2 Å². The van der Waals surface area contributed by atoms with Crippen LogP contribution >= 0.6 is 0 Å². The summed E-state index contributed by atoms with van der Waals surface area (Å²) in [7, 11) is 0. The highest BCUT2D eigenvalue weighted by Crippen LogP contribution is 2.39. The zero-order valence-corrected chi connectivity index (χ0v) is 22.2. The van der Waals surface area contributed by atoms with Crippen molar-refractivity contribution >= 4 is 11.8 Å². The summed E-state index contributed by atoms with van der Waals surface area (Å²) < 4.78 is 20.3. The van der Waals surface area contributed by atoms with E-state index in [-0.39, 0.29) is 17.6 Å². The number of hydrogen-bond donors (Lipinski definition) is 1. The molecule has 0 fully saturated rings. The van der Waals surface area contributed by atoms with Gasteiger partial charge in [-0.3, -0.25) is 9.59 Å². The molecule has 0 bridgehead atoms. The molecule has 0 spiro atoms. The molecule has 4 rings (SSSR count). The van der Waals surface area contributed by atoms with Crippen LogP contribution in [0.4, 0.5) is 4.39 Å². The van der Waals surface area contributed by atoms with Crippen molar-refractivity contribution in [2.24, 2.45) is 5.41 Å². The van der Waals surface area contributed by atoms with Crippen LogP contribution in [0.5, 0.6) is 5.75 Å². The van der Waals surface area contributed by atoms with E-state index in [2.05, 4.69) is 5.32 Å². The molecule has 194 valence electrons. The number of benzene rings is 3. The van der Waals surface area contributed by atoms with Gasteiger partial charge in [0, 0.05) is 18.5 Å². The first-order valence-corrected chi connectivity index (χ1v) is 12.7. The first kappa shape index (κ1) is 26.4. The molecule has 0 saturated carbocycles. The Morgan fingerprint density at radius 1 is 1.08 bits per heavy atom. The molecular weight excluding hydrogens is 467 g/mol. The number of carbonyl (C=O) groups excluding carboxylic acids is 2. The lowest BCUT2D eigenvalue weighted by atomic mass is 9.85. The first-order valence-electron chi connectivity index (χ1n) is 12.7. The number of halogens is 1. The summed E-state index contributed by atoms with van der Waals surface area (Å²) in [6, 6.07) is 19.7. The minimum atomic E-state index is -0.716. The minimum absolute atomic E-state index is 0.00243. The first-order chi connectivity index (χ1) is 17.5. The molecule has 0 saturated heterocycles. The van der Waals surface area contributed by atoms with E-state index in [9.17, 15) is 14.0 Å². The molecule has 3 aromatic rings. The van der Waals surface area contributed by atoms with Crippen molar-refractivity contribution in [1.29, 1.82) is 0 Å². The van der Waals surface area contributed by atoms with Crippen LogP contribution in [0.15, 0.2) is 66.7 Å². The Bertz CT molecular complexity index is 1300. The predicted molar refractivity (Wildman–Crippen MR) is 143 cm³/mol. The molecule has 1 N–H and O–H groups in total. The Morgan fingerprint density at radius 3 is 2.54 bits per heavy atom. The second-order valence-electron chi connectivity index (χ2n) is 10.8. The van der Waals surface area contributed by atoms with E-state index in [4.69, 9.17) is 4.74 Å². The molecule has 0 aromatic heterocycles. The van der Waals surface area contributed by atoms with Gasteiger partial charge in [-0.15, -0.1) is 0 Å². The summed E-state index contributed by atoms with van der Waals surface area (Å²) in [5, 5.41) is 2.93. The molecule has 6 heteroatoms. The molecule has 5 nitrogen and oxygen atoms in total. The van der Waals surface area contributed by atoms with E-state index in [0.29, 0.717) is 30.8 Å². The number of hydrogen-bond acceptors (Lipinski definition) is 3. The van der Waals surface area contributed by atoms with Crippen molar-refractivity contribution in [3.05, 3.63) is 100 Å². The van der Waals surface area contributed by atoms with Gasteiger partial charge in [-0.05, 0) is 66.8 Å². The third kappa shape index (κ3) is 6.19. The minimum Gasteiger partial charge on any atom is -0.481 e. The van der Waals surface area contributed by atoms with Crippen molar-refractivity contribution < 1.29 is 18.7 Å². The number of nitrogens with one attached hydrogen (secondary N) is 1. The van der Waals surface area contributed by atoms with Gasteiger partial charge in [-0.25, -0.2) is 4.39 Å². The van der Waals surface area contributed by atoms with Gasteiger partial charge in [0.1, 0.15) is 11.6 Å². The highest BCUT2D eigenvalue weighted by molar-refractivity contribution is 5.83. The van der Waals surface area contributed by atoms with Gasteiger partial charge in [0.2, 0.25) is 5.91 Å². The molecule has 1 aliphatic heterocycles. The summed E-state index contributed by atoms with van der Waals surface area (Å²) in [5.41, 5.74) is 4.25. The zero-order valence-electron chi connectivity index (χ0n) is 22.2. The Hall–Kier alpha value is -3.67. The van der Waals surface area contributed by atoms with Crippen LogP contribution in [0.1, 0.15) is 61.6 Å². The quantitative estimate of drug-likeness (QED) is 0.468. The number of fused-ring (bicyclic) bond motifs is 1. The largest absolute Gasteiger partial charge is 0.481 e. The van der Waals surface area contributed by atoms with Gasteiger partial charge < -0.3 is 15.0 Å². The third-order valence-electron chi connectivity index (χ3n) is 6.64. The van der Waals surface area contributed by atoms with Gasteiger partial charge in [0.25, 0.3) is 5.91 Å². The Balaban J connectivity index is 1.58. The number of rotatable bonds is 6. The Labute approximate surface area is 218 Å². The molecule has 0 radical (unpaired) electrons. The molecule has 2 atom stereocenters. The van der Waals surface area contributed by atoms with E-state index in [1.54, 1.807) is 13.0 Å². The highest BCUT2D eigenvalue weighted by Gasteiger charge is 2.37. The molecule has 2 amide bonds. The SMILES string of the molecule is Cc1cccc(CNC(=O)[C@@H](C)Oc2ccc3c(c2)[C@@H](c2cccc(F)c2)N(C(=O)C(C)(C)C)CC3)c1. The zero-order chi connectivity index (χ0) is 26.7. The van der Waals surface area contributed by atoms with Gasteiger partial charge in [0.15, 0.2) is 6.10 Å². The maximum atomic E-state index is 14.2. The maximum Gasteiger partial charge on any atom is 0.261 e. The molecule has 1 heterocycles. The lowest BCUT2D eigenvalue weighted by Gasteiger charge is -2.41. The number of aryl methyl sites for hydroxylation is 1. The maximum absolute atomic E-state index is 14.2. The molecule has 1 aliphatic rings. The molecular formula is C31H35FN2O3. The van der Waals surface area contributed by atoms with Gasteiger partial charge in [-0.2, -0.15) is 0 Å². The van der Waals surface area contributed by atoms with E-state index in [1.807, 2.05) is 81.1 Å². The standard InChI is InChI=1S/C31H35FN2O3/c1-20-8-6-9-22(16-20)19-33-29(35)21(2)37-26-13-12-23-14-15-34(30(36)31(3,4)5)28(27(23)18-26)24-10-7-11-25(32)17-24/h6-13,16-18,21,28H,14-15,19H2,1-5H3,(H,33,35)/t21-,28-/m1/s1. The molecule has 37 heavy (non-hydrogen) atoms. The summed E-state index contributed by atoms with van der Waals surface area (Å²) in [6.07, 6.45) is -0.0261. The second-order valence-corrected chi connectivity index (χ2v) is 10.8. The monoisotopic (exact) mass is 502 g/mol. The van der Waals surface area contributed by atoms with Crippen molar-refractivity contribution in [2.45, 2.75) is 59.7 Å². The van der Waals surface area contributed by atoms with Crippen molar-refractivity contribution in [1.82, 2.24) is 10.2 Å². The van der Waals surface area contributed by atoms with Crippen LogP contribution < -0.4 is 10.1 Å². The van der Waals surface area contributed by atoms with Gasteiger partial charge in [-0.1, -0.05) is 68.8 Å². The number of carbonyl (C=O) groups is 2. The fourth-order valence-electron chi connectivity index (χ4n) is 4.76. The third-order valence-corrected chi connectivity index (χ3v) is 6.64. The van der Waals surface area contributed by atoms with Crippen LogP contribution in [0.3, 0.4) is 0 Å². The van der Waals surface area contributed by atoms with Gasteiger partial charge >= 0.3 is 0 Å². The summed E-state index contributed by atoms with van der Waals surface area (Å²) in [6.45, 7) is 10.4. The number of amides is 2. The summed E-state index contributed by atoms with van der Waals surface area (Å²) >= 11 is 0. The predicted octanol–water partition coefficient (Wildman–Crippen LogP) is 5.74. The van der Waals surface area contributed by atoms with Crippen molar-refractivity contribution in [3.63, 3.8) is 0 Å². The second kappa shape index (κ2) is 10.8. The summed E-state index contributed by atoms with van der Waals surface area (Å²) in [5.74, 6) is -0.0319. The normalized spacial score (nSPS) is 16.1. The Morgan fingerprint density at radius 2 is 1.84 bits per heavy atom. The number of ether oxygens (including phenoxy) is 1. The molecule has 0 unspecified atom stereocenters. The fraction of sp³-hybridized carbons (Fsp3) is 0.355. The van der Waals surface area contributed by atoms with E-state index in [1.165, 1.54) is 12.1 Å². The molecule has 0 aliphatic carbocycles. The van der Waals surface area contributed by atoms with Crippen molar-refractivity contribution in [2.75, 3.05) is 6.54 Å². The summed E-state index contributed by atoms with van der Waals surface area (Å²) in [4.78, 5) is 28.0. The topological polar surface area (TPSA) is 58.6 Å². The average molecular weight is 503 g/mol. The van der Waals surface area contributed by atoms with Crippen LogP contribution in [0.25, 0.3) is 0 Å². The van der Waals surface area contributed by atoms with Gasteiger partial charge in [0.05, 0.1) is 6.04 Å². The lowest BCUT2D eigenvalue weighted by Crippen LogP contribution is -2.45. The van der Waals surface area contributed by atoms with Crippen LogP contribution in [-0.4, -0.2) is 29.4 Å². The average Bonchev–Trinajstić information content (AvgIpc) is 2.85. The number of nitrogens with zero attached hydrogens (tertiary/aromatic N) is 1. The van der Waals surface area contributed by atoms with Crippen LogP contribution in [-0.2, 0) is 22.6 Å². The van der Waals surface area contributed by atoms with Crippen molar-refractivity contribution in [3.8, 4) is 5.75 Å². The lowest BCUT2D eigenvalue weighted by molar-refractivity contribution is -0.141. The van der Waals surface area contributed by atoms with E-state index in [0.717, 1.165) is 22.3 Å². The Kier molecular flexibility index (Phi) is 7.67. The smallest absolute Gasteiger partial charge is 0.261 e. The molecule has 3 aromatic carbocycles. The highest BCUT2D eigenvalue weighted by atomic mass is 19.1. The fourth-order valence-corrected chi connectivity index (χ4v) is 4.76. The van der Waals surface area contributed by atoms with E-state index >= 15 is 0 Å².